The summed E-state index contributed by atoms with van der Waals surface area (Å²) in [5, 5.41) is 5.75. The standard InChI is InChI=1S/C29H39N11O2/c30-28(31)39-15-11-37(12-16-39)23-5-1-21(2-6-23)35-26(41)20-9-10-34-25(19-20)27(42)36-22-3-7-24(8-4-22)38-13-17-40(18-14-38)29(32)33/h1-10,19,28-29H,11-18,30-33H2,(H,35,41)(H,36,42). The molecule has 42 heavy (non-hydrogen) atoms. The van der Waals surface area contributed by atoms with Crippen LogP contribution in [0.4, 0.5) is 22.7 Å². The fraction of sp³-hybridized carbons (Fsp3) is 0.345. The van der Waals surface area contributed by atoms with E-state index in [1.54, 1.807) is 6.07 Å². The zero-order chi connectivity index (χ0) is 29.6. The molecule has 0 aliphatic carbocycles. The molecule has 10 N–H and O–H groups in total. The molecule has 5 rings (SSSR count). The third-order valence-corrected chi connectivity index (χ3v) is 7.71. The molecule has 3 aromatic rings. The minimum absolute atomic E-state index is 0.146. The molecular weight excluding hydrogens is 534 g/mol. The molecule has 1 aromatic heterocycles. The molecule has 2 aliphatic rings. The van der Waals surface area contributed by atoms with Gasteiger partial charge in [0, 0.05) is 86.9 Å². The Labute approximate surface area is 245 Å². The van der Waals surface area contributed by atoms with Gasteiger partial charge in [-0.2, -0.15) is 0 Å². The van der Waals surface area contributed by atoms with Gasteiger partial charge in [-0.15, -0.1) is 0 Å². The lowest BCUT2D eigenvalue weighted by atomic mass is 10.2. The quantitative estimate of drug-likeness (QED) is 0.202. The molecule has 0 atom stereocenters. The van der Waals surface area contributed by atoms with Crippen molar-refractivity contribution in [1.82, 2.24) is 14.8 Å². The lowest BCUT2D eigenvalue weighted by Gasteiger charge is -2.37. The van der Waals surface area contributed by atoms with Crippen molar-refractivity contribution in [2.24, 2.45) is 22.9 Å². The Kier molecular flexibility index (Phi) is 9.27. The zero-order valence-corrected chi connectivity index (χ0v) is 23.5. The van der Waals surface area contributed by atoms with E-state index in [2.05, 4.69) is 25.4 Å². The van der Waals surface area contributed by atoms with Crippen molar-refractivity contribution in [3.8, 4) is 0 Å². The summed E-state index contributed by atoms with van der Waals surface area (Å²) in [5.74, 6) is -0.729. The number of benzene rings is 2. The Hall–Kier alpha value is -4.11. The molecule has 0 saturated carbocycles. The maximum atomic E-state index is 12.9. The monoisotopic (exact) mass is 573 g/mol. The van der Waals surface area contributed by atoms with Crippen molar-refractivity contribution in [2.75, 3.05) is 72.8 Å². The lowest BCUT2D eigenvalue weighted by molar-refractivity contribution is 0.102. The van der Waals surface area contributed by atoms with Crippen LogP contribution in [0.25, 0.3) is 0 Å². The summed E-state index contributed by atoms with van der Waals surface area (Å²) < 4.78 is 0. The number of hydrogen-bond donors (Lipinski definition) is 6. The van der Waals surface area contributed by atoms with Crippen molar-refractivity contribution in [1.29, 1.82) is 0 Å². The van der Waals surface area contributed by atoms with Gasteiger partial charge in [0.1, 0.15) is 18.3 Å². The fourth-order valence-corrected chi connectivity index (χ4v) is 5.16. The van der Waals surface area contributed by atoms with Gasteiger partial charge >= 0.3 is 0 Å². The molecule has 13 nitrogen and oxygen atoms in total. The number of hydrogen-bond acceptors (Lipinski definition) is 11. The first-order valence-electron chi connectivity index (χ1n) is 14.1. The minimum atomic E-state index is -0.440. The summed E-state index contributed by atoms with van der Waals surface area (Å²) in [6.45, 7) is 6.46. The molecule has 2 saturated heterocycles. The topological polar surface area (TPSA) is 188 Å². The van der Waals surface area contributed by atoms with Crippen LogP contribution in [-0.2, 0) is 0 Å². The van der Waals surface area contributed by atoms with Crippen LogP contribution in [-0.4, -0.2) is 91.5 Å². The average molecular weight is 574 g/mol. The van der Waals surface area contributed by atoms with Crippen molar-refractivity contribution < 1.29 is 9.59 Å². The SMILES string of the molecule is NC(N)N1CCN(c2ccc(NC(=O)c3ccnc(C(=O)Nc4ccc(N5CCN(C(N)N)CC5)cc4)c3)cc2)CC1. The first-order chi connectivity index (χ1) is 20.3. The average Bonchev–Trinajstić information content (AvgIpc) is 3.02. The summed E-state index contributed by atoms with van der Waals surface area (Å²) in [4.78, 5) is 38.6. The minimum Gasteiger partial charge on any atom is -0.369 e. The van der Waals surface area contributed by atoms with Gasteiger partial charge in [-0.05, 0) is 60.7 Å². The van der Waals surface area contributed by atoms with Crippen molar-refractivity contribution >= 4 is 34.6 Å². The van der Waals surface area contributed by atoms with E-state index in [9.17, 15) is 9.59 Å². The number of rotatable bonds is 8. The molecule has 2 aliphatic heterocycles. The van der Waals surface area contributed by atoms with Crippen LogP contribution < -0.4 is 43.4 Å². The molecule has 0 spiro atoms. The highest BCUT2D eigenvalue weighted by molar-refractivity contribution is 6.07. The fourth-order valence-electron chi connectivity index (χ4n) is 5.16. The molecule has 2 amide bonds. The van der Waals surface area contributed by atoms with Gasteiger partial charge < -0.3 is 43.4 Å². The molecule has 0 bridgehead atoms. The molecule has 222 valence electrons. The van der Waals surface area contributed by atoms with E-state index in [1.165, 1.54) is 12.3 Å². The second-order valence-electron chi connectivity index (χ2n) is 10.5. The highest BCUT2D eigenvalue weighted by atomic mass is 16.2. The van der Waals surface area contributed by atoms with Crippen molar-refractivity contribution in [3.05, 3.63) is 78.1 Å². The summed E-state index contributed by atoms with van der Waals surface area (Å²) in [6.07, 6.45) is 0.575. The number of pyridine rings is 1. The molecule has 0 radical (unpaired) electrons. The van der Waals surface area contributed by atoms with Crippen molar-refractivity contribution in [2.45, 2.75) is 12.6 Å². The number of nitrogens with two attached hydrogens (primary N) is 4. The van der Waals surface area contributed by atoms with Crippen LogP contribution in [0.2, 0.25) is 0 Å². The predicted molar refractivity (Wildman–Crippen MR) is 165 cm³/mol. The van der Waals surface area contributed by atoms with Gasteiger partial charge in [0.15, 0.2) is 0 Å². The highest BCUT2D eigenvalue weighted by Gasteiger charge is 2.21. The van der Waals surface area contributed by atoms with Gasteiger partial charge in [0.05, 0.1) is 0 Å². The van der Waals surface area contributed by atoms with E-state index in [0.29, 0.717) is 16.9 Å². The van der Waals surface area contributed by atoms with Crippen LogP contribution in [0.15, 0.2) is 66.9 Å². The smallest absolute Gasteiger partial charge is 0.274 e. The molecule has 3 heterocycles. The Morgan fingerprint density at radius 1 is 0.619 bits per heavy atom. The van der Waals surface area contributed by atoms with E-state index in [1.807, 2.05) is 58.3 Å². The Bertz CT molecular complexity index is 1250. The molecule has 0 unspecified atom stereocenters. The van der Waals surface area contributed by atoms with E-state index in [-0.39, 0.29) is 11.6 Å². The number of nitrogens with zero attached hydrogens (tertiary/aromatic N) is 5. The van der Waals surface area contributed by atoms with E-state index in [0.717, 1.165) is 63.7 Å². The Morgan fingerprint density at radius 2 is 1.05 bits per heavy atom. The Morgan fingerprint density at radius 3 is 1.48 bits per heavy atom. The van der Waals surface area contributed by atoms with Crippen molar-refractivity contribution in [3.63, 3.8) is 0 Å². The summed E-state index contributed by atoms with van der Waals surface area (Å²) in [6, 6.07) is 18.4. The van der Waals surface area contributed by atoms with Gasteiger partial charge in [-0.25, -0.2) is 0 Å². The third-order valence-electron chi connectivity index (χ3n) is 7.71. The van der Waals surface area contributed by atoms with Gasteiger partial charge in [-0.1, -0.05) is 0 Å². The zero-order valence-electron chi connectivity index (χ0n) is 23.5. The summed E-state index contributed by atoms with van der Waals surface area (Å²) >= 11 is 0. The molecule has 2 fully saturated rings. The molecular formula is C29H39N11O2. The number of amides is 2. The van der Waals surface area contributed by atoms with Crippen LogP contribution in [0, 0.1) is 0 Å². The third kappa shape index (κ3) is 7.20. The number of piperazine rings is 2. The number of carbonyl (C=O) groups excluding carboxylic acids is 2. The van der Waals surface area contributed by atoms with Crippen LogP contribution in [0.3, 0.4) is 0 Å². The van der Waals surface area contributed by atoms with E-state index < -0.39 is 18.5 Å². The normalized spacial score (nSPS) is 16.6. The maximum absolute atomic E-state index is 12.9. The maximum Gasteiger partial charge on any atom is 0.274 e. The van der Waals surface area contributed by atoms with Gasteiger partial charge in [0.2, 0.25) is 0 Å². The summed E-state index contributed by atoms with van der Waals surface area (Å²) in [5.41, 5.74) is 27.0. The lowest BCUT2D eigenvalue weighted by Crippen LogP contribution is -2.56. The second-order valence-corrected chi connectivity index (χ2v) is 10.5. The highest BCUT2D eigenvalue weighted by Crippen LogP contribution is 2.22. The second kappa shape index (κ2) is 13.2. The number of carbonyl (C=O) groups is 2. The van der Waals surface area contributed by atoms with Crippen LogP contribution in [0.1, 0.15) is 20.8 Å². The number of anilines is 4. The van der Waals surface area contributed by atoms with Gasteiger partial charge in [-0.3, -0.25) is 24.4 Å². The largest absolute Gasteiger partial charge is 0.369 e. The molecule has 2 aromatic carbocycles. The van der Waals surface area contributed by atoms with Gasteiger partial charge in [0.25, 0.3) is 11.8 Å². The first-order valence-corrected chi connectivity index (χ1v) is 14.1. The molecule has 13 heteroatoms. The summed E-state index contributed by atoms with van der Waals surface area (Å²) in [7, 11) is 0. The van der Waals surface area contributed by atoms with Crippen LogP contribution >= 0.6 is 0 Å². The van der Waals surface area contributed by atoms with E-state index in [4.69, 9.17) is 22.9 Å². The first kappa shape index (κ1) is 29.4. The van der Waals surface area contributed by atoms with E-state index >= 15 is 0 Å². The predicted octanol–water partition coefficient (Wildman–Crippen LogP) is 0.232. The number of nitrogens with one attached hydrogen (secondary N) is 2. The Balaban J connectivity index is 1.14. The van der Waals surface area contributed by atoms with Crippen LogP contribution in [0.5, 0.6) is 0 Å². The number of aromatic nitrogens is 1.